The number of carbonyl (C=O) groups excluding carboxylic acids is 2. The van der Waals surface area contributed by atoms with Crippen LogP contribution in [0.2, 0.25) is 0 Å². The van der Waals surface area contributed by atoms with E-state index in [1.807, 2.05) is 33.8 Å². The third-order valence-corrected chi connectivity index (χ3v) is 7.36. The number of carbonyl (C=O) groups is 3. The molecular formula is C27H46N2O6S. The second kappa shape index (κ2) is 17.5. The number of hydroxylamine groups is 2. The van der Waals surface area contributed by atoms with Gasteiger partial charge in [0.15, 0.2) is 0 Å². The maximum Gasteiger partial charge on any atom is 0.407 e. The Morgan fingerprint density at radius 2 is 1.86 bits per heavy atom. The Kier molecular flexibility index (Phi) is 15.5. The maximum atomic E-state index is 13.2. The fourth-order valence-corrected chi connectivity index (χ4v) is 5.02. The first-order valence-electron chi connectivity index (χ1n) is 13.3. The summed E-state index contributed by atoms with van der Waals surface area (Å²) in [6.07, 6.45) is 7.83. The molecule has 1 rings (SSSR count). The molecule has 3 unspecified atom stereocenters. The molecule has 1 heterocycles. The number of ether oxygens (including phenoxy) is 1. The predicted octanol–water partition coefficient (Wildman–Crippen LogP) is 6.28. The van der Waals surface area contributed by atoms with Crippen molar-refractivity contribution in [3.05, 3.63) is 22.0 Å². The molecule has 9 heteroatoms. The van der Waals surface area contributed by atoms with Gasteiger partial charge in [-0.25, -0.2) is 14.7 Å². The topological polar surface area (TPSA) is 105 Å². The van der Waals surface area contributed by atoms with Crippen molar-refractivity contribution >= 4 is 29.7 Å². The standard InChI is InChI=1S/C27H46N2O6S/c1-7-9-11-12-16-34-29(25(30)13-10-8-2)22(19(3)4)17-23(35-27(33)28-6)24-15-14-20(5)21(18-36-24)26(31)32/h15,18-20,22-23H,7-14,16-17H2,1-6H3,(H,28,33)(H,31,32). The zero-order chi connectivity index (χ0) is 27.1. The molecule has 2 N–H and O–H groups in total. The first kappa shape index (κ1) is 32.0. The van der Waals surface area contributed by atoms with E-state index in [9.17, 15) is 19.5 Å². The van der Waals surface area contributed by atoms with Crippen molar-refractivity contribution < 1.29 is 29.1 Å². The van der Waals surface area contributed by atoms with Crippen molar-refractivity contribution in [1.29, 1.82) is 0 Å². The number of amides is 2. The van der Waals surface area contributed by atoms with Gasteiger partial charge in [0.1, 0.15) is 6.10 Å². The molecule has 206 valence electrons. The molecule has 8 nitrogen and oxygen atoms in total. The van der Waals surface area contributed by atoms with Crippen molar-refractivity contribution in [2.45, 2.75) is 105 Å². The summed E-state index contributed by atoms with van der Waals surface area (Å²) in [7, 11) is 1.50. The molecule has 0 aliphatic carbocycles. The first-order valence-corrected chi connectivity index (χ1v) is 14.2. The van der Waals surface area contributed by atoms with E-state index in [4.69, 9.17) is 9.57 Å². The van der Waals surface area contributed by atoms with Gasteiger partial charge >= 0.3 is 12.1 Å². The Balaban J connectivity index is 3.22. The number of nitrogens with one attached hydrogen (secondary N) is 1. The zero-order valence-corrected chi connectivity index (χ0v) is 23.7. The number of carboxylic acids is 1. The highest BCUT2D eigenvalue weighted by atomic mass is 32.2. The summed E-state index contributed by atoms with van der Waals surface area (Å²) in [4.78, 5) is 44.0. The maximum absolute atomic E-state index is 13.2. The average molecular weight is 527 g/mol. The summed E-state index contributed by atoms with van der Waals surface area (Å²) < 4.78 is 5.77. The molecule has 0 saturated heterocycles. The number of allylic oxidation sites excluding steroid dienone is 1. The number of rotatable bonds is 16. The van der Waals surface area contributed by atoms with E-state index in [1.165, 1.54) is 23.9 Å². The van der Waals surface area contributed by atoms with Gasteiger partial charge < -0.3 is 15.2 Å². The molecule has 0 saturated carbocycles. The monoisotopic (exact) mass is 526 g/mol. The number of aliphatic carboxylic acids is 1. The van der Waals surface area contributed by atoms with E-state index < -0.39 is 18.2 Å². The van der Waals surface area contributed by atoms with Crippen LogP contribution in [0.25, 0.3) is 0 Å². The van der Waals surface area contributed by atoms with Crippen molar-refractivity contribution in [3.63, 3.8) is 0 Å². The lowest BCUT2D eigenvalue weighted by atomic mass is 9.95. The quantitative estimate of drug-likeness (QED) is 0.180. The summed E-state index contributed by atoms with van der Waals surface area (Å²) in [6, 6.07) is -0.319. The van der Waals surface area contributed by atoms with Gasteiger partial charge in [-0.05, 0) is 36.5 Å². The Bertz CT molecular complexity index is 767. The predicted molar refractivity (Wildman–Crippen MR) is 144 cm³/mol. The van der Waals surface area contributed by atoms with Gasteiger partial charge in [0.25, 0.3) is 0 Å². The van der Waals surface area contributed by atoms with Crippen LogP contribution in [0.3, 0.4) is 0 Å². The lowest BCUT2D eigenvalue weighted by molar-refractivity contribution is -0.208. The fourth-order valence-electron chi connectivity index (χ4n) is 3.94. The highest BCUT2D eigenvalue weighted by Gasteiger charge is 2.33. The van der Waals surface area contributed by atoms with Crippen LogP contribution in [0.15, 0.2) is 22.0 Å². The van der Waals surface area contributed by atoms with Crippen molar-refractivity contribution in [2.75, 3.05) is 13.7 Å². The fraction of sp³-hybridized carbons (Fsp3) is 0.741. The van der Waals surface area contributed by atoms with Crippen molar-refractivity contribution in [3.8, 4) is 0 Å². The van der Waals surface area contributed by atoms with Gasteiger partial charge in [-0.2, -0.15) is 0 Å². The molecule has 0 aromatic rings. The number of unbranched alkanes of at least 4 members (excludes halogenated alkanes) is 4. The molecule has 0 aromatic heterocycles. The smallest absolute Gasteiger partial charge is 0.407 e. The Morgan fingerprint density at radius 3 is 2.44 bits per heavy atom. The minimum atomic E-state index is -0.947. The molecule has 0 aromatic carbocycles. The molecule has 1 aliphatic rings. The van der Waals surface area contributed by atoms with Gasteiger partial charge in [0.05, 0.1) is 12.6 Å². The van der Waals surface area contributed by atoms with Gasteiger partial charge in [-0.3, -0.25) is 9.63 Å². The minimum absolute atomic E-state index is 0.0439. The molecule has 0 bridgehead atoms. The molecule has 0 spiro atoms. The summed E-state index contributed by atoms with van der Waals surface area (Å²) in [6.45, 7) is 10.6. The lowest BCUT2D eigenvalue weighted by Crippen LogP contribution is -2.46. The number of hydrogen-bond acceptors (Lipinski definition) is 6. The second-order valence-electron chi connectivity index (χ2n) is 9.65. The van der Waals surface area contributed by atoms with E-state index in [0.717, 1.165) is 43.4 Å². The van der Waals surface area contributed by atoms with Crippen molar-refractivity contribution in [1.82, 2.24) is 10.4 Å². The van der Waals surface area contributed by atoms with Gasteiger partial charge in [-0.15, -0.1) is 0 Å². The Labute approximate surface area is 221 Å². The van der Waals surface area contributed by atoms with Gasteiger partial charge in [0.2, 0.25) is 5.91 Å². The number of alkyl carbamates (subject to hydrolysis) is 1. The molecule has 1 aliphatic heterocycles. The third-order valence-electron chi connectivity index (χ3n) is 6.29. The van der Waals surface area contributed by atoms with E-state index in [1.54, 1.807) is 5.41 Å². The number of hydrogen-bond donors (Lipinski definition) is 2. The van der Waals surface area contributed by atoms with Gasteiger partial charge in [-0.1, -0.05) is 78.1 Å². The van der Waals surface area contributed by atoms with Crippen LogP contribution >= 0.6 is 11.8 Å². The number of carboxylic acid groups (broad SMARTS) is 1. The van der Waals surface area contributed by atoms with Crippen LogP contribution in [0.4, 0.5) is 4.79 Å². The number of nitrogens with zero attached hydrogens (tertiary/aromatic N) is 1. The SMILES string of the molecule is CCCCCCON(C(=O)CCCC)C(CC(OC(=O)NC)C1=CCC(C)C(C(=O)O)=CS1)C(C)C. The average Bonchev–Trinajstić information content (AvgIpc) is 3.04. The summed E-state index contributed by atoms with van der Waals surface area (Å²) in [5.41, 5.74) is 0.331. The Hall–Kier alpha value is -2.00. The molecule has 0 radical (unpaired) electrons. The summed E-state index contributed by atoms with van der Waals surface area (Å²) in [5, 5.41) is 15.2. The van der Waals surface area contributed by atoms with E-state index in [2.05, 4.69) is 12.2 Å². The normalized spacial score (nSPS) is 17.5. The summed E-state index contributed by atoms with van der Waals surface area (Å²) >= 11 is 1.27. The molecule has 2 amide bonds. The minimum Gasteiger partial charge on any atom is -0.478 e. The molecule has 36 heavy (non-hydrogen) atoms. The molecular weight excluding hydrogens is 480 g/mol. The Morgan fingerprint density at radius 1 is 1.17 bits per heavy atom. The highest BCUT2D eigenvalue weighted by molar-refractivity contribution is 8.05. The highest BCUT2D eigenvalue weighted by Crippen LogP contribution is 2.35. The van der Waals surface area contributed by atoms with Crippen LogP contribution in [0.1, 0.15) is 92.4 Å². The third kappa shape index (κ3) is 10.9. The van der Waals surface area contributed by atoms with Crippen LogP contribution in [-0.4, -0.2) is 53.9 Å². The molecule has 0 fully saturated rings. The summed E-state index contributed by atoms with van der Waals surface area (Å²) in [5.74, 6) is -1.12. The molecule has 3 atom stereocenters. The largest absolute Gasteiger partial charge is 0.478 e. The first-order chi connectivity index (χ1) is 17.2. The zero-order valence-electron chi connectivity index (χ0n) is 22.9. The van der Waals surface area contributed by atoms with Crippen LogP contribution in [0, 0.1) is 11.8 Å². The lowest BCUT2D eigenvalue weighted by Gasteiger charge is -2.35. The second-order valence-corrected chi connectivity index (χ2v) is 10.6. The van der Waals surface area contributed by atoms with Gasteiger partial charge in [0, 0.05) is 30.4 Å². The van der Waals surface area contributed by atoms with E-state index in [-0.39, 0.29) is 23.8 Å². The number of thioether (sulfide) groups is 1. The van der Waals surface area contributed by atoms with Crippen LogP contribution in [-0.2, 0) is 19.2 Å². The van der Waals surface area contributed by atoms with Crippen molar-refractivity contribution in [2.24, 2.45) is 11.8 Å². The van der Waals surface area contributed by atoms with E-state index in [0.29, 0.717) is 31.4 Å². The van der Waals surface area contributed by atoms with Crippen LogP contribution in [0.5, 0.6) is 0 Å². The van der Waals surface area contributed by atoms with Crippen LogP contribution < -0.4 is 5.32 Å². The van der Waals surface area contributed by atoms with E-state index >= 15 is 0 Å².